The van der Waals surface area contributed by atoms with Gasteiger partial charge in [0.1, 0.15) is 5.82 Å². The number of hydrogen-bond donors (Lipinski definition) is 1. The third kappa shape index (κ3) is 4.16. The van der Waals surface area contributed by atoms with Crippen LogP contribution in [0.4, 0.5) is 0 Å². The van der Waals surface area contributed by atoms with Crippen LogP contribution in [-0.2, 0) is 10.3 Å². The van der Waals surface area contributed by atoms with Gasteiger partial charge in [-0.3, -0.25) is 4.79 Å². The van der Waals surface area contributed by atoms with Gasteiger partial charge in [0.15, 0.2) is 0 Å². The van der Waals surface area contributed by atoms with E-state index in [0.717, 1.165) is 62.4 Å². The lowest BCUT2D eigenvalue weighted by molar-refractivity contribution is -0.133. The van der Waals surface area contributed by atoms with Gasteiger partial charge in [-0.1, -0.05) is 54.9 Å². The van der Waals surface area contributed by atoms with Gasteiger partial charge in [0, 0.05) is 42.5 Å². The summed E-state index contributed by atoms with van der Waals surface area (Å²) in [6.07, 6.45) is 8.41. The monoisotopic (exact) mass is 476 g/mol. The number of halogens is 1. The highest BCUT2D eigenvalue weighted by molar-refractivity contribution is 6.30. The van der Waals surface area contributed by atoms with Gasteiger partial charge in [0.2, 0.25) is 5.91 Å². The smallest absolute Gasteiger partial charge is 0.222 e. The number of likely N-dealkylation sites (tertiary alicyclic amines) is 1. The van der Waals surface area contributed by atoms with E-state index < -0.39 is 5.54 Å². The maximum Gasteiger partial charge on any atom is 0.222 e. The molecule has 1 N–H and O–H groups in total. The third-order valence-corrected chi connectivity index (χ3v) is 7.77. The fraction of sp³-hybridized carbons (Fsp3) is 0.429. The van der Waals surface area contributed by atoms with E-state index in [-0.39, 0.29) is 5.91 Å². The number of benzene rings is 2. The Bertz CT molecular complexity index is 1130. The minimum atomic E-state index is -0.467. The van der Waals surface area contributed by atoms with E-state index in [1.807, 2.05) is 24.5 Å². The number of aromatic nitrogens is 2. The molecule has 0 bridgehead atoms. The van der Waals surface area contributed by atoms with Gasteiger partial charge >= 0.3 is 0 Å². The highest BCUT2D eigenvalue weighted by Gasteiger charge is 2.45. The lowest BCUT2D eigenvalue weighted by atomic mass is 9.79. The standard InChI is InChI=1S/C28H33ClN4O/c1-2-15-30-20-21-12-17-32(18-13-21)26(34)11-14-28(22-7-9-23(29)10-8-22)25-6-4-3-5-24(25)27-31-16-19-33(27)28/h3-10,16,19,21,30H,2,11-15,17-18,20H2,1H3. The summed E-state index contributed by atoms with van der Waals surface area (Å²) in [4.78, 5) is 20.1. The Balaban J connectivity index is 1.37. The predicted molar refractivity (Wildman–Crippen MR) is 137 cm³/mol. The Morgan fingerprint density at radius 2 is 1.91 bits per heavy atom. The second-order valence-corrected chi connectivity index (χ2v) is 10.00. The lowest BCUT2D eigenvalue weighted by Crippen LogP contribution is -2.42. The molecule has 5 rings (SSSR count). The number of nitrogens with zero attached hydrogens (tertiary/aromatic N) is 3. The molecular weight excluding hydrogens is 444 g/mol. The molecule has 2 aromatic carbocycles. The molecule has 0 aliphatic carbocycles. The summed E-state index contributed by atoms with van der Waals surface area (Å²) in [7, 11) is 0. The van der Waals surface area contributed by atoms with Gasteiger partial charge in [0.25, 0.3) is 0 Å². The topological polar surface area (TPSA) is 50.2 Å². The molecule has 1 aromatic heterocycles. The van der Waals surface area contributed by atoms with Crippen LogP contribution in [0.5, 0.6) is 0 Å². The van der Waals surface area contributed by atoms with Crippen molar-refractivity contribution in [2.45, 2.75) is 44.6 Å². The van der Waals surface area contributed by atoms with E-state index in [1.54, 1.807) is 0 Å². The number of piperidine rings is 1. The van der Waals surface area contributed by atoms with Crippen LogP contribution in [0.1, 0.15) is 50.2 Å². The SMILES string of the molecule is CCCNCC1CCN(C(=O)CCC2(c3ccc(Cl)cc3)c3ccccc3-c3nccn32)CC1. The van der Waals surface area contributed by atoms with Crippen molar-refractivity contribution in [2.75, 3.05) is 26.2 Å². The summed E-state index contributed by atoms with van der Waals surface area (Å²) in [6.45, 7) is 6.05. The van der Waals surface area contributed by atoms with Crippen LogP contribution in [-0.4, -0.2) is 46.5 Å². The first-order chi connectivity index (χ1) is 16.6. The van der Waals surface area contributed by atoms with Crippen LogP contribution in [0.25, 0.3) is 11.4 Å². The fourth-order valence-corrected chi connectivity index (χ4v) is 5.84. The van der Waals surface area contributed by atoms with Crippen LogP contribution in [0.3, 0.4) is 0 Å². The Labute approximate surface area is 207 Å². The summed E-state index contributed by atoms with van der Waals surface area (Å²) in [5.41, 5.74) is 3.00. The van der Waals surface area contributed by atoms with Crippen molar-refractivity contribution < 1.29 is 4.79 Å². The zero-order valence-corrected chi connectivity index (χ0v) is 20.6. The van der Waals surface area contributed by atoms with Crippen LogP contribution in [0.15, 0.2) is 60.9 Å². The fourth-order valence-electron chi connectivity index (χ4n) is 5.71. The maximum absolute atomic E-state index is 13.4. The highest BCUT2D eigenvalue weighted by Crippen LogP contribution is 2.49. The normalized spacial score (nSPS) is 19.8. The molecule has 3 aromatic rings. The van der Waals surface area contributed by atoms with Crippen LogP contribution >= 0.6 is 11.6 Å². The van der Waals surface area contributed by atoms with Crippen molar-refractivity contribution in [3.8, 4) is 11.4 Å². The Hall–Kier alpha value is -2.63. The van der Waals surface area contributed by atoms with Crippen molar-refractivity contribution in [1.82, 2.24) is 19.8 Å². The first kappa shape index (κ1) is 23.1. The number of rotatable bonds is 8. The van der Waals surface area contributed by atoms with Crippen molar-refractivity contribution >= 4 is 17.5 Å². The minimum absolute atomic E-state index is 0.249. The number of fused-ring (bicyclic) bond motifs is 3. The number of hydrogen-bond acceptors (Lipinski definition) is 3. The highest BCUT2D eigenvalue weighted by atomic mass is 35.5. The van der Waals surface area contributed by atoms with E-state index in [9.17, 15) is 4.79 Å². The summed E-state index contributed by atoms with van der Waals surface area (Å²) in [6, 6.07) is 16.5. The molecule has 0 spiro atoms. The maximum atomic E-state index is 13.4. The van der Waals surface area contributed by atoms with E-state index >= 15 is 0 Å². The molecule has 34 heavy (non-hydrogen) atoms. The van der Waals surface area contributed by atoms with E-state index in [0.29, 0.717) is 23.8 Å². The van der Waals surface area contributed by atoms with Gasteiger partial charge in [-0.25, -0.2) is 4.98 Å². The molecular formula is C28H33ClN4O. The van der Waals surface area contributed by atoms with Crippen molar-refractivity contribution in [1.29, 1.82) is 0 Å². The largest absolute Gasteiger partial charge is 0.343 e. The van der Waals surface area contributed by atoms with Crippen LogP contribution < -0.4 is 5.32 Å². The summed E-state index contributed by atoms with van der Waals surface area (Å²) >= 11 is 6.24. The third-order valence-electron chi connectivity index (χ3n) is 7.52. The Morgan fingerprint density at radius 3 is 2.68 bits per heavy atom. The Morgan fingerprint density at radius 1 is 1.15 bits per heavy atom. The summed E-state index contributed by atoms with van der Waals surface area (Å²) in [5, 5.41) is 4.24. The number of carbonyl (C=O) groups excluding carboxylic acids is 1. The molecule has 0 radical (unpaired) electrons. The first-order valence-electron chi connectivity index (χ1n) is 12.5. The molecule has 1 atom stereocenters. The molecule has 1 fully saturated rings. The van der Waals surface area contributed by atoms with E-state index in [1.165, 1.54) is 5.56 Å². The van der Waals surface area contributed by atoms with Gasteiger partial charge in [-0.2, -0.15) is 0 Å². The first-order valence-corrected chi connectivity index (χ1v) is 12.9. The predicted octanol–water partition coefficient (Wildman–Crippen LogP) is 5.33. The zero-order valence-electron chi connectivity index (χ0n) is 19.8. The van der Waals surface area contributed by atoms with Crippen LogP contribution in [0.2, 0.25) is 5.02 Å². The molecule has 2 aliphatic rings. The quantitative estimate of drug-likeness (QED) is 0.447. The Kier molecular flexibility index (Phi) is 6.75. The number of amides is 1. The van der Waals surface area contributed by atoms with Crippen molar-refractivity contribution in [2.24, 2.45) is 5.92 Å². The molecule has 0 saturated carbocycles. The van der Waals surface area contributed by atoms with Crippen molar-refractivity contribution in [3.05, 3.63) is 77.1 Å². The number of nitrogens with one attached hydrogen (secondary N) is 1. The number of carbonyl (C=O) groups is 1. The number of imidazole rings is 1. The van der Waals surface area contributed by atoms with E-state index in [2.05, 4.69) is 63.1 Å². The molecule has 5 nitrogen and oxygen atoms in total. The minimum Gasteiger partial charge on any atom is -0.343 e. The van der Waals surface area contributed by atoms with Gasteiger partial charge in [0.05, 0.1) is 5.54 Å². The molecule has 178 valence electrons. The molecule has 3 heterocycles. The van der Waals surface area contributed by atoms with Gasteiger partial charge in [-0.05, 0) is 68.0 Å². The molecule has 2 aliphatic heterocycles. The van der Waals surface area contributed by atoms with Gasteiger partial charge in [-0.15, -0.1) is 0 Å². The second kappa shape index (κ2) is 9.93. The summed E-state index contributed by atoms with van der Waals surface area (Å²) < 4.78 is 2.25. The average Bonchev–Trinajstić information content (AvgIpc) is 3.45. The van der Waals surface area contributed by atoms with E-state index in [4.69, 9.17) is 11.6 Å². The molecule has 1 saturated heterocycles. The van der Waals surface area contributed by atoms with Crippen molar-refractivity contribution in [3.63, 3.8) is 0 Å². The molecule has 6 heteroatoms. The second-order valence-electron chi connectivity index (χ2n) is 9.56. The van der Waals surface area contributed by atoms with Crippen LogP contribution in [0, 0.1) is 5.92 Å². The lowest BCUT2D eigenvalue weighted by Gasteiger charge is -2.36. The summed E-state index contributed by atoms with van der Waals surface area (Å²) in [5.74, 6) is 1.88. The zero-order chi connectivity index (χ0) is 23.5. The average molecular weight is 477 g/mol. The molecule has 1 amide bonds. The molecule has 1 unspecified atom stereocenters. The van der Waals surface area contributed by atoms with Gasteiger partial charge < -0.3 is 14.8 Å².